The van der Waals surface area contributed by atoms with Gasteiger partial charge < -0.3 is 14.4 Å². The van der Waals surface area contributed by atoms with Crippen molar-refractivity contribution < 1.29 is 27.1 Å². The molecule has 7 nitrogen and oxygen atoms in total. The molecule has 2 heterocycles. The number of nitrogens with zero attached hydrogens (tertiary/aromatic N) is 2. The van der Waals surface area contributed by atoms with Gasteiger partial charge in [-0.2, -0.15) is 4.31 Å². The van der Waals surface area contributed by atoms with E-state index in [1.807, 2.05) is 0 Å². The largest absolute Gasteiger partial charge is 0.494 e. The molecule has 0 spiro atoms. The zero-order chi connectivity index (χ0) is 18.0. The highest BCUT2D eigenvalue weighted by Gasteiger charge is 2.34. The number of amides is 1. The summed E-state index contributed by atoms with van der Waals surface area (Å²) in [6.07, 6.45) is 1.18. The van der Waals surface area contributed by atoms with Crippen molar-refractivity contribution in [1.82, 2.24) is 9.21 Å². The SMILES string of the molecule is COc1ccc(S(=O)(=O)N2CCN(C(=O)C3CCCO3)CC2)cc1F. The number of rotatable bonds is 4. The molecule has 3 rings (SSSR count). The molecule has 1 atom stereocenters. The van der Waals surface area contributed by atoms with Gasteiger partial charge in [0.25, 0.3) is 5.91 Å². The summed E-state index contributed by atoms with van der Waals surface area (Å²) in [6.45, 7) is 1.55. The van der Waals surface area contributed by atoms with Gasteiger partial charge in [0, 0.05) is 32.8 Å². The molecule has 1 unspecified atom stereocenters. The monoisotopic (exact) mass is 372 g/mol. The second kappa shape index (κ2) is 7.27. The lowest BCUT2D eigenvalue weighted by Gasteiger charge is -2.35. The smallest absolute Gasteiger partial charge is 0.251 e. The molecule has 138 valence electrons. The molecular weight excluding hydrogens is 351 g/mol. The van der Waals surface area contributed by atoms with Crippen LogP contribution in [0.5, 0.6) is 5.75 Å². The van der Waals surface area contributed by atoms with Crippen molar-refractivity contribution >= 4 is 15.9 Å². The molecule has 0 aromatic heterocycles. The minimum Gasteiger partial charge on any atom is -0.494 e. The zero-order valence-corrected chi connectivity index (χ0v) is 14.8. The predicted molar refractivity (Wildman–Crippen MR) is 87.3 cm³/mol. The summed E-state index contributed by atoms with van der Waals surface area (Å²) in [5.41, 5.74) is 0. The number of methoxy groups -OCH3 is 1. The van der Waals surface area contributed by atoms with Crippen molar-refractivity contribution in [2.75, 3.05) is 39.9 Å². The van der Waals surface area contributed by atoms with Crippen LogP contribution in [0.25, 0.3) is 0 Å². The van der Waals surface area contributed by atoms with Crippen LogP contribution in [0.1, 0.15) is 12.8 Å². The van der Waals surface area contributed by atoms with Gasteiger partial charge in [-0.3, -0.25) is 4.79 Å². The second-order valence-electron chi connectivity index (χ2n) is 6.03. The highest BCUT2D eigenvalue weighted by Crippen LogP contribution is 2.24. The normalized spacial score (nSPS) is 22.2. The van der Waals surface area contributed by atoms with Crippen molar-refractivity contribution in [1.29, 1.82) is 0 Å². The maximum absolute atomic E-state index is 13.8. The number of carbonyl (C=O) groups excluding carboxylic acids is 1. The summed E-state index contributed by atoms with van der Waals surface area (Å²) in [5, 5.41) is 0. The zero-order valence-electron chi connectivity index (χ0n) is 14.0. The van der Waals surface area contributed by atoms with Crippen LogP contribution in [0, 0.1) is 5.82 Å². The lowest BCUT2D eigenvalue weighted by Crippen LogP contribution is -2.52. The van der Waals surface area contributed by atoms with Gasteiger partial charge >= 0.3 is 0 Å². The Kier molecular flexibility index (Phi) is 5.26. The van der Waals surface area contributed by atoms with Gasteiger partial charge in [0.2, 0.25) is 10.0 Å². The maximum atomic E-state index is 13.8. The van der Waals surface area contributed by atoms with Gasteiger partial charge in [-0.05, 0) is 31.0 Å². The molecule has 2 saturated heterocycles. The quantitative estimate of drug-likeness (QED) is 0.783. The fourth-order valence-corrected chi connectivity index (χ4v) is 4.52. The summed E-state index contributed by atoms with van der Waals surface area (Å²) >= 11 is 0. The molecule has 1 aromatic carbocycles. The van der Waals surface area contributed by atoms with Crippen molar-refractivity contribution in [3.05, 3.63) is 24.0 Å². The minimum absolute atomic E-state index is 0.00840. The number of benzene rings is 1. The highest BCUT2D eigenvalue weighted by atomic mass is 32.2. The van der Waals surface area contributed by atoms with Crippen LogP contribution in [-0.4, -0.2) is 69.5 Å². The molecule has 2 aliphatic rings. The number of halogens is 1. The van der Waals surface area contributed by atoms with Crippen LogP contribution in [0.4, 0.5) is 4.39 Å². The van der Waals surface area contributed by atoms with Gasteiger partial charge in [0.15, 0.2) is 11.6 Å². The molecule has 0 aliphatic carbocycles. The van der Waals surface area contributed by atoms with E-state index >= 15 is 0 Å². The van der Waals surface area contributed by atoms with E-state index < -0.39 is 21.9 Å². The van der Waals surface area contributed by atoms with E-state index in [1.54, 1.807) is 4.90 Å². The summed E-state index contributed by atoms with van der Waals surface area (Å²) in [6, 6.07) is 3.57. The summed E-state index contributed by atoms with van der Waals surface area (Å²) in [4.78, 5) is 13.8. The molecule has 1 aromatic rings. The average Bonchev–Trinajstić information content (AvgIpc) is 3.15. The van der Waals surface area contributed by atoms with E-state index in [1.165, 1.54) is 23.5 Å². The Hall–Kier alpha value is -1.71. The molecule has 0 radical (unpaired) electrons. The first-order valence-corrected chi connectivity index (χ1v) is 9.61. The van der Waals surface area contributed by atoms with E-state index in [0.717, 1.165) is 12.5 Å². The average molecular weight is 372 g/mol. The molecule has 1 amide bonds. The molecule has 0 saturated carbocycles. The Labute approximate surface area is 146 Å². The maximum Gasteiger partial charge on any atom is 0.251 e. The number of hydrogen-bond acceptors (Lipinski definition) is 5. The second-order valence-corrected chi connectivity index (χ2v) is 7.97. The fourth-order valence-electron chi connectivity index (χ4n) is 3.08. The Morgan fingerprint density at radius 2 is 2.00 bits per heavy atom. The van der Waals surface area contributed by atoms with E-state index in [2.05, 4.69) is 0 Å². The molecule has 0 bridgehead atoms. The molecule has 9 heteroatoms. The van der Waals surface area contributed by atoms with Crippen molar-refractivity contribution in [2.45, 2.75) is 23.8 Å². The van der Waals surface area contributed by atoms with Gasteiger partial charge in [0.05, 0.1) is 12.0 Å². The molecular formula is C16H21FN2O5S. The van der Waals surface area contributed by atoms with Crippen molar-refractivity contribution in [3.8, 4) is 5.75 Å². The third-order valence-corrected chi connectivity index (χ3v) is 6.41. The third kappa shape index (κ3) is 3.63. The first kappa shape index (κ1) is 18.1. The van der Waals surface area contributed by atoms with Gasteiger partial charge in [-0.15, -0.1) is 0 Å². The Balaban J connectivity index is 1.67. The van der Waals surface area contributed by atoms with Crippen LogP contribution in [0.2, 0.25) is 0 Å². The van der Waals surface area contributed by atoms with Gasteiger partial charge in [-0.25, -0.2) is 12.8 Å². The van der Waals surface area contributed by atoms with E-state index in [-0.39, 0.29) is 29.6 Å². The van der Waals surface area contributed by atoms with Crippen LogP contribution >= 0.6 is 0 Å². The highest BCUT2D eigenvalue weighted by molar-refractivity contribution is 7.89. The summed E-state index contributed by atoms with van der Waals surface area (Å²) in [5.74, 6) is -0.813. The Bertz CT molecular complexity index is 741. The lowest BCUT2D eigenvalue weighted by atomic mass is 10.2. The molecule has 2 fully saturated rings. The predicted octanol–water partition coefficient (Wildman–Crippen LogP) is 0.846. The Morgan fingerprint density at radius 1 is 1.28 bits per heavy atom. The summed E-state index contributed by atoms with van der Waals surface area (Å²) < 4.78 is 50.6. The number of sulfonamides is 1. The minimum atomic E-state index is -3.81. The van der Waals surface area contributed by atoms with E-state index in [0.29, 0.717) is 26.1 Å². The number of piperazine rings is 1. The van der Waals surface area contributed by atoms with Crippen LogP contribution in [0.15, 0.2) is 23.1 Å². The van der Waals surface area contributed by atoms with E-state index in [9.17, 15) is 17.6 Å². The van der Waals surface area contributed by atoms with Crippen molar-refractivity contribution in [2.24, 2.45) is 0 Å². The molecule has 0 N–H and O–H groups in total. The van der Waals surface area contributed by atoms with Crippen molar-refractivity contribution in [3.63, 3.8) is 0 Å². The standard InChI is InChI=1S/C16H21FN2O5S/c1-23-14-5-4-12(11-13(14)17)25(21,22)19-8-6-18(7-9-19)16(20)15-3-2-10-24-15/h4-5,11,15H,2-3,6-10H2,1H3. The number of carbonyl (C=O) groups is 1. The number of hydrogen-bond donors (Lipinski definition) is 0. The Morgan fingerprint density at radius 3 is 2.56 bits per heavy atom. The lowest BCUT2D eigenvalue weighted by molar-refractivity contribution is -0.142. The summed E-state index contributed by atoms with van der Waals surface area (Å²) in [7, 11) is -2.49. The van der Waals surface area contributed by atoms with Gasteiger partial charge in [0.1, 0.15) is 6.10 Å². The third-order valence-electron chi connectivity index (χ3n) is 4.52. The van der Waals surface area contributed by atoms with Crippen LogP contribution in [-0.2, 0) is 19.6 Å². The topological polar surface area (TPSA) is 76.2 Å². The number of ether oxygens (including phenoxy) is 2. The molecule has 25 heavy (non-hydrogen) atoms. The van der Waals surface area contributed by atoms with E-state index in [4.69, 9.17) is 9.47 Å². The van der Waals surface area contributed by atoms with Crippen LogP contribution in [0.3, 0.4) is 0 Å². The fraction of sp³-hybridized carbons (Fsp3) is 0.562. The van der Waals surface area contributed by atoms with Gasteiger partial charge in [-0.1, -0.05) is 0 Å². The molecule has 2 aliphatic heterocycles. The van der Waals surface area contributed by atoms with Crippen LogP contribution < -0.4 is 4.74 Å². The first-order valence-electron chi connectivity index (χ1n) is 8.17. The first-order chi connectivity index (χ1) is 11.9.